The van der Waals surface area contributed by atoms with Crippen molar-refractivity contribution in [2.75, 3.05) is 11.9 Å². The molecule has 0 saturated carbocycles. The van der Waals surface area contributed by atoms with Crippen LogP contribution in [0.2, 0.25) is 0 Å². The van der Waals surface area contributed by atoms with E-state index >= 15 is 0 Å². The molecule has 25 heavy (non-hydrogen) atoms. The van der Waals surface area contributed by atoms with E-state index in [4.69, 9.17) is 4.74 Å². The first-order valence-corrected chi connectivity index (χ1v) is 7.56. The third kappa shape index (κ3) is 4.03. The van der Waals surface area contributed by atoms with E-state index in [1.54, 1.807) is 18.2 Å². The van der Waals surface area contributed by atoms with Crippen LogP contribution >= 0.6 is 0 Å². The quantitative estimate of drug-likeness (QED) is 0.665. The van der Waals surface area contributed by atoms with Gasteiger partial charge in [-0.3, -0.25) is 9.59 Å². The summed E-state index contributed by atoms with van der Waals surface area (Å²) in [6, 6.07) is 14.2. The lowest BCUT2D eigenvalue weighted by molar-refractivity contribution is -0.112. The Kier molecular flexibility index (Phi) is 4.77. The second kappa shape index (κ2) is 7.32. The molecule has 0 saturated heterocycles. The van der Waals surface area contributed by atoms with Gasteiger partial charge in [0.05, 0.1) is 17.8 Å². The van der Waals surface area contributed by atoms with Crippen LogP contribution in [-0.2, 0) is 16.1 Å². The summed E-state index contributed by atoms with van der Waals surface area (Å²) < 4.78 is 5.06. The zero-order chi connectivity index (χ0) is 17.6. The summed E-state index contributed by atoms with van der Waals surface area (Å²) in [6.07, 6.45) is -0.551. The number of ketones is 1. The van der Waals surface area contributed by atoms with Gasteiger partial charge in [0.15, 0.2) is 0 Å². The van der Waals surface area contributed by atoms with Crippen LogP contribution in [0.3, 0.4) is 0 Å². The van der Waals surface area contributed by atoms with E-state index in [0.717, 1.165) is 5.56 Å². The van der Waals surface area contributed by atoms with Crippen LogP contribution < -0.4 is 10.6 Å². The largest absolute Gasteiger partial charge is 0.445 e. The molecule has 0 unspecified atom stereocenters. The Morgan fingerprint density at radius 2 is 1.92 bits per heavy atom. The van der Waals surface area contributed by atoms with Crippen molar-refractivity contribution in [2.45, 2.75) is 6.61 Å². The highest BCUT2D eigenvalue weighted by Gasteiger charge is 2.27. The van der Waals surface area contributed by atoms with Gasteiger partial charge in [-0.2, -0.15) is 0 Å². The van der Waals surface area contributed by atoms with Gasteiger partial charge in [0.25, 0.3) is 11.7 Å². The van der Waals surface area contributed by atoms with E-state index in [-0.39, 0.29) is 13.2 Å². The number of amides is 2. The maximum atomic E-state index is 11.6. The SMILES string of the molecule is O=C(NCC#Cc1ccc2c(c1)NC(=O)C2=O)OCc1ccccc1. The van der Waals surface area contributed by atoms with E-state index in [1.165, 1.54) is 0 Å². The van der Waals surface area contributed by atoms with Crippen LogP contribution in [0.4, 0.5) is 10.5 Å². The molecule has 1 aliphatic heterocycles. The van der Waals surface area contributed by atoms with E-state index in [1.807, 2.05) is 30.3 Å². The molecule has 6 heteroatoms. The van der Waals surface area contributed by atoms with Crippen LogP contribution in [0.5, 0.6) is 0 Å². The van der Waals surface area contributed by atoms with Gasteiger partial charge in [-0.25, -0.2) is 4.79 Å². The zero-order valence-electron chi connectivity index (χ0n) is 13.2. The van der Waals surface area contributed by atoms with Crippen molar-refractivity contribution in [3.63, 3.8) is 0 Å². The predicted octanol–water partition coefficient (Wildman–Crippen LogP) is 2.10. The predicted molar refractivity (Wildman–Crippen MR) is 90.9 cm³/mol. The molecule has 1 heterocycles. The topological polar surface area (TPSA) is 84.5 Å². The summed E-state index contributed by atoms with van der Waals surface area (Å²) in [5, 5.41) is 5.01. The van der Waals surface area contributed by atoms with Gasteiger partial charge < -0.3 is 15.4 Å². The summed E-state index contributed by atoms with van der Waals surface area (Å²) in [7, 11) is 0. The fraction of sp³-hybridized carbons (Fsp3) is 0.105. The fourth-order valence-corrected chi connectivity index (χ4v) is 2.26. The van der Waals surface area contributed by atoms with Crippen LogP contribution in [0.1, 0.15) is 21.5 Å². The Bertz CT molecular complexity index is 895. The summed E-state index contributed by atoms with van der Waals surface area (Å²) in [6.45, 7) is 0.314. The number of ether oxygens (including phenoxy) is 1. The number of hydrogen-bond acceptors (Lipinski definition) is 4. The minimum atomic E-state index is -0.636. The molecule has 2 N–H and O–H groups in total. The maximum Gasteiger partial charge on any atom is 0.408 e. The minimum Gasteiger partial charge on any atom is -0.445 e. The molecule has 124 valence electrons. The Morgan fingerprint density at radius 1 is 1.12 bits per heavy atom. The second-order valence-electron chi connectivity index (χ2n) is 5.26. The van der Waals surface area contributed by atoms with Crippen molar-refractivity contribution in [3.05, 3.63) is 65.2 Å². The Hall–Kier alpha value is -3.59. The number of rotatable bonds is 3. The Balaban J connectivity index is 1.48. The number of anilines is 1. The molecule has 3 rings (SSSR count). The number of carbonyl (C=O) groups excluding carboxylic acids is 3. The number of alkyl carbamates (subject to hydrolysis) is 1. The molecular weight excluding hydrogens is 320 g/mol. The number of nitrogens with one attached hydrogen (secondary N) is 2. The van der Waals surface area contributed by atoms with Crippen molar-refractivity contribution in [3.8, 4) is 11.8 Å². The summed E-state index contributed by atoms with van der Waals surface area (Å²) in [5.74, 6) is 4.45. The number of hydrogen-bond donors (Lipinski definition) is 2. The van der Waals surface area contributed by atoms with Gasteiger partial charge in [0, 0.05) is 5.56 Å². The van der Waals surface area contributed by atoms with E-state index in [0.29, 0.717) is 16.8 Å². The van der Waals surface area contributed by atoms with Gasteiger partial charge in [-0.15, -0.1) is 0 Å². The molecule has 2 aromatic rings. The molecule has 0 aliphatic carbocycles. The zero-order valence-corrected chi connectivity index (χ0v) is 13.2. The molecule has 6 nitrogen and oxygen atoms in total. The standard InChI is InChI=1S/C19H14N2O4/c22-17-15-9-8-13(11-16(15)21-18(17)23)7-4-10-20-19(24)25-12-14-5-2-1-3-6-14/h1-3,5-6,8-9,11H,10,12H2,(H,20,24)(H,21,22,23). The lowest BCUT2D eigenvalue weighted by Crippen LogP contribution is -2.24. The number of carbonyl (C=O) groups is 3. The molecule has 0 spiro atoms. The molecule has 2 aromatic carbocycles. The van der Waals surface area contributed by atoms with E-state index < -0.39 is 17.8 Å². The maximum absolute atomic E-state index is 11.6. The molecular formula is C19H14N2O4. The number of Topliss-reactive ketones (excluding diaryl/α,β-unsaturated/α-hetero) is 1. The molecule has 0 atom stereocenters. The van der Waals surface area contributed by atoms with Gasteiger partial charge >= 0.3 is 6.09 Å². The van der Waals surface area contributed by atoms with Crippen molar-refractivity contribution < 1.29 is 19.1 Å². The molecule has 1 aliphatic rings. The molecule has 0 fully saturated rings. The first-order chi connectivity index (χ1) is 12.1. The number of benzene rings is 2. The highest BCUT2D eigenvalue weighted by molar-refractivity contribution is 6.51. The highest BCUT2D eigenvalue weighted by atomic mass is 16.5. The average Bonchev–Trinajstić information content (AvgIpc) is 2.91. The lowest BCUT2D eigenvalue weighted by Gasteiger charge is -2.04. The highest BCUT2D eigenvalue weighted by Crippen LogP contribution is 2.23. The van der Waals surface area contributed by atoms with Crippen molar-refractivity contribution in [1.29, 1.82) is 0 Å². The smallest absolute Gasteiger partial charge is 0.408 e. The monoisotopic (exact) mass is 334 g/mol. The van der Waals surface area contributed by atoms with Gasteiger partial charge in [-0.05, 0) is 23.8 Å². The van der Waals surface area contributed by atoms with Crippen LogP contribution in [0.15, 0.2) is 48.5 Å². The fourth-order valence-electron chi connectivity index (χ4n) is 2.26. The Morgan fingerprint density at radius 3 is 2.72 bits per heavy atom. The van der Waals surface area contributed by atoms with Gasteiger partial charge in [0.2, 0.25) is 0 Å². The number of fused-ring (bicyclic) bond motifs is 1. The third-order valence-electron chi connectivity index (χ3n) is 3.49. The summed E-state index contributed by atoms with van der Waals surface area (Å²) >= 11 is 0. The molecule has 0 bridgehead atoms. The average molecular weight is 334 g/mol. The van der Waals surface area contributed by atoms with Crippen molar-refractivity contribution in [2.24, 2.45) is 0 Å². The van der Waals surface area contributed by atoms with Gasteiger partial charge in [0.1, 0.15) is 6.61 Å². The van der Waals surface area contributed by atoms with Crippen LogP contribution in [0, 0.1) is 11.8 Å². The minimum absolute atomic E-state index is 0.121. The van der Waals surface area contributed by atoms with Crippen LogP contribution in [0.25, 0.3) is 0 Å². The third-order valence-corrected chi connectivity index (χ3v) is 3.49. The summed E-state index contributed by atoms with van der Waals surface area (Å²) in [5.41, 5.74) is 2.34. The van der Waals surface area contributed by atoms with Crippen LogP contribution in [-0.4, -0.2) is 24.3 Å². The lowest BCUT2D eigenvalue weighted by atomic mass is 10.1. The van der Waals surface area contributed by atoms with E-state index in [2.05, 4.69) is 22.5 Å². The van der Waals surface area contributed by atoms with Crippen molar-refractivity contribution in [1.82, 2.24) is 5.32 Å². The van der Waals surface area contributed by atoms with Gasteiger partial charge in [-0.1, -0.05) is 42.2 Å². The molecule has 2 amide bonds. The molecule has 0 aromatic heterocycles. The first-order valence-electron chi connectivity index (χ1n) is 7.56. The normalized spacial score (nSPS) is 11.8. The first kappa shape index (κ1) is 16.3. The van der Waals surface area contributed by atoms with E-state index in [9.17, 15) is 14.4 Å². The van der Waals surface area contributed by atoms with Crippen molar-refractivity contribution >= 4 is 23.5 Å². The molecule has 0 radical (unpaired) electrons. The second-order valence-corrected chi connectivity index (χ2v) is 5.26. The Labute approximate surface area is 144 Å². The summed E-state index contributed by atoms with van der Waals surface area (Å²) in [4.78, 5) is 34.3.